The molecule has 1 heterocycles. The van der Waals surface area contributed by atoms with E-state index in [1.807, 2.05) is 49.4 Å². The number of carbonyl (C=O) groups excluding carboxylic acids is 1. The number of aromatic nitrogens is 1. The molecule has 1 aliphatic carbocycles. The molecule has 1 atom stereocenters. The Balaban J connectivity index is 1.43. The molecule has 152 valence electrons. The largest absolute Gasteiger partial charge is 0.480 e. The fourth-order valence-electron chi connectivity index (χ4n) is 3.90. The summed E-state index contributed by atoms with van der Waals surface area (Å²) in [5, 5.41) is 12.0. The molecule has 2 N–H and O–H groups in total. The molecule has 1 aromatic heterocycles. The van der Waals surface area contributed by atoms with Gasteiger partial charge in [-0.25, -0.2) is 9.59 Å². The molecule has 0 bridgehead atoms. The molecule has 3 aromatic rings. The number of rotatable bonds is 6. The lowest BCUT2D eigenvalue weighted by Crippen LogP contribution is -2.43. The molecule has 0 saturated heterocycles. The van der Waals surface area contributed by atoms with Crippen LogP contribution in [0.4, 0.5) is 4.79 Å². The number of amides is 1. The Morgan fingerprint density at radius 1 is 1.07 bits per heavy atom. The average molecular weight is 402 g/mol. The molecule has 6 nitrogen and oxygen atoms in total. The van der Waals surface area contributed by atoms with Crippen molar-refractivity contribution in [1.29, 1.82) is 0 Å². The normalized spacial score (nSPS) is 13.2. The monoisotopic (exact) mass is 402 g/mol. The second kappa shape index (κ2) is 8.37. The molecule has 0 fully saturated rings. The maximum absolute atomic E-state index is 12.4. The Morgan fingerprint density at radius 2 is 1.70 bits per heavy atom. The highest BCUT2D eigenvalue weighted by Gasteiger charge is 2.29. The number of aliphatic carboxylic acids is 1. The van der Waals surface area contributed by atoms with Crippen molar-refractivity contribution in [2.75, 3.05) is 6.61 Å². The maximum atomic E-state index is 12.4. The first-order chi connectivity index (χ1) is 14.5. The molecule has 0 radical (unpaired) electrons. The number of benzene rings is 2. The number of pyridine rings is 1. The predicted octanol–water partition coefficient (Wildman–Crippen LogP) is 3.92. The van der Waals surface area contributed by atoms with Gasteiger partial charge in [-0.3, -0.25) is 4.98 Å². The Labute approximate surface area is 174 Å². The lowest BCUT2D eigenvalue weighted by molar-refractivity contribution is -0.139. The molecular weight excluding hydrogens is 380 g/mol. The molecule has 4 rings (SSSR count). The van der Waals surface area contributed by atoms with E-state index in [-0.39, 0.29) is 18.9 Å². The van der Waals surface area contributed by atoms with Crippen LogP contribution in [0.25, 0.3) is 11.1 Å². The molecule has 1 unspecified atom stereocenters. The summed E-state index contributed by atoms with van der Waals surface area (Å²) in [6.07, 6.45) is 0.954. The highest BCUT2D eigenvalue weighted by Crippen LogP contribution is 2.44. The van der Waals surface area contributed by atoms with Gasteiger partial charge in [-0.15, -0.1) is 0 Å². The van der Waals surface area contributed by atoms with Gasteiger partial charge >= 0.3 is 12.1 Å². The van der Waals surface area contributed by atoms with Crippen molar-refractivity contribution in [3.05, 3.63) is 89.2 Å². The highest BCUT2D eigenvalue weighted by molar-refractivity contribution is 5.81. The Bertz CT molecular complexity index is 1050. The smallest absolute Gasteiger partial charge is 0.407 e. The minimum absolute atomic E-state index is 0.0788. The third kappa shape index (κ3) is 4.03. The summed E-state index contributed by atoms with van der Waals surface area (Å²) in [6, 6.07) is 18.6. The minimum atomic E-state index is -1.13. The van der Waals surface area contributed by atoms with E-state index in [0.717, 1.165) is 27.8 Å². The van der Waals surface area contributed by atoms with Gasteiger partial charge in [0, 0.05) is 24.2 Å². The van der Waals surface area contributed by atoms with Crippen LogP contribution in [0.5, 0.6) is 0 Å². The summed E-state index contributed by atoms with van der Waals surface area (Å²) in [7, 11) is 0. The number of hydrogen-bond donors (Lipinski definition) is 2. The molecule has 0 spiro atoms. The molecule has 1 aliphatic rings. The predicted molar refractivity (Wildman–Crippen MR) is 112 cm³/mol. The third-order valence-corrected chi connectivity index (χ3v) is 5.32. The second-order valence-corrected chi connectivity index (χ2v) is 7.39. The van der Waals surface area contributed by atoms with E-state index >= 15 is 0 Å². The summed E-state index contributed by atoms with van der Waals surface area (Å²) >= 11 is 0. The van der Waals surface area contributed by atoms with Gasteiger partial charge in [0.2, 0.25) is 0 Å². The Morgan fingerprint density at radius 3 is 2.30 bits per heavy atom. The van der Waals surface area contributed by atoms with Gasteiger partial charge in [0.1, 0.15) is 12.6 Å². The van der Waals surface area contributed by atoms with Gasteiger partial charge in [-0.05, 0) is 46.9 Å². The number of nitrogens with one attached hydrogen (secondary N) is 1. The molecule has 30 heavy (non-hydrogen) atoms. The van der Waals surface area contributed by atoms with Crippen LogP contribution in [0.1, 0.15) is 28.3 Å². The summed E-state index contributed by atoms with van der Waals surface area (Å²) in [6.45, 7) is 2.04. The van der Waals surface area contributed by atoms with E-state index in [1.165, 1.54) is 0 Å². The van der Waals surface area contributed by atoms with Gasteiger partial charge in [0.05, 0.1) is 0 Å². The fourth-order valence-corrected chi connectivity index (χ4v) is 3.90. The van der Waals surface area contributed by atoms with E-state index in [0.29, 0.717) is 5.69 Å². The Hall–Kier alpha value is -3.67. The quantitative estimate of drug-likeness (QED) is 0.652. The van der Waals surface area contributed by atoms with Crippen molar-refractivity contribution in [3.63, 3.8) is 0 Å². The summed E-state index contributed by atoms with van der Waals surface area (Å²) < 4.78 is 5.45. The zero-order valence-electron chi connectivity index (χ0n) is 16.5. The number of alkyl carbamates (subject to hydrolysis) is 1. The van der Waals surface area contributed by atoms with Crippen LogP contribution in [0.2, 0.25) is 0 Å². The van der Waals surface area contributed by atoms with Crippen molar-refractivity contribution >= 4 is 12.1 Å². The number of fused-ring (bicyclic) bond motifs is 3. The van der Waals surface area contributed by atoms with E-state index in [1.54, 1.807) is 12.3 Å². The number of carboxylic acid groups (broad SMARTS) is 1. The van der Waals surface area contributed by atoms with Crippen molar-refractivity contribution < 1.29 is 19.4 Å². The third-order valence-electron chi connectivity index (χ3n) is 5.32. The summed E-state index contributed by atoms with van der Waals surface area (Å²) in [5.74, 6) is -1.21. The van der Waals surface area contributed by atoms with E-state index < -0.39 is 18.1 Å². The first-order valence-electron chi connectivity index (χ1n) is 9.79. The van der Waals surface area contributed by atoms with Gasteiger partial charge in [-0.2, -0.15) is 0 Å². The van der Waals surface area contributed by atoms with Crippen molar-refractivity contribution in [2.45, 2.75) is 25.3 Å². The van der Waals surface area contributed by atoms with Gasteiger partial charge in [-0.1, -0.05) is 48.5 Å². The number of hydrogen-bond acceptors (Lipinski definition) is 4. The first-order valence-corrected chi connectivity index (χ1v) is 9.79. The number of carboxylic acids is 1. The Kier molecular flexibility index (Phi) is 5.48. The minimum Gasteiger partial charge on any atom is -0.480 e. The molecular formula is C24H22N2O4. The molecule has 0 aliphatic heterocycles. The van der Waals surface area contributed by atoms with Crippen LogP contribution in [0.3, 0.4) is 0 Å². The number of ether oxygens (including phenoxy) is 1. The van der Waals surface area contributed by atoms with Crippen LogP contribution < -0.4 is 5.32 Å². The number of carbonyl (C=O) groups is 2. The van der Waals surface area contributed by atoms with E-state index in [4.69, 9.17) is 4.74 Å². The second-order valence-electron chi connectivity index (χ2n) is 7.39. The topological polar surface area (TPSA) is 88.5 Å². The lowest BCUT2D eigenvalue weighted by Gasteiger charge is -2.17. The summed E-state index contributed by atoms with van der Waals surface area (Å²) in [5.41, 5.74) is 6.05. The van der Waals surface area contributed by atoms with Crippen molar-refractivity contribution in [1.82, 2.24) is 10.3 Å². The van der Waals surface area contributed by atoms with Gasteiger partial charge in [0.15, 0.2) is 0 Å². The zero-order chi connectivity index (χ0) is 21.1. The standard InChI is InChI=1S/C24H22N2O4/c1-15-10-11-25-16(12-15)13-22(23(27)28)26-24(29)30-14-21-19-8-4-2-6-17(19)18-7-3-5-9-20(18)21/h2-12,21-22H,13-14H2,1H3,(H,26,29)(H,27,28). The van der Waals surface area contributed by atoms with Crippen LogP contribution in [-0.2, 0) is 16.0 Å². The van der Waals surface area contributed by atoms with Crippen LogP contribution >= 0.6 is 0 Å². The zero-order valence-corrected chi connectivity index (χ0v) is 16.5. The van der Waals surface area contributed by atoms with Crippen LogP contribution in [-0.4, -0.2) is 34.8 Å². The first kappa shape index (κ1) is 19.6. The lowest BCUT2D eigenvalue weighted by atomic mass is 9.98. The SMILES string of the molecule is Cc1ccnc(CC(NC(=O)OCC2c3ccccc3-c3ccccc32)C(=O)O)c1. The fraction of sp³-hybridized carbons (Fsp3) is 0.208. The molecule has 6 heteroatoms. The molecule has 2 aromatic carbocycles. The van der Waals surface area contributed by atoms with E-state index in [9.17, 15) is 14.7 Å². The van der Waals surface area contributed by atoms with Crippen molar-refractivity contribution in [2.24, 2.45) is 0 Å². The van der Waals surface area contributed by atoms with Gasteiger partial charge in [0.25, 0.3) is 0 Å². The van der Waals surface area contributed by atoms with Crippen LogP contribution in [0.15, 0.2) is 66.9 Å². The summed E-state index contributed by atoms with van der Waals surface area (Å²) in [4.78, 5) is 28.2. The van der Waals surface area contributed by atoms with E-state index in [2.05, 4.69) is 22.4 Å². The molecule has 0 saturated carbocycles. The van der Waals surface area contributed by atoms with Gasteiger partial charge < -0.3 is 15.2 Å². The van der Waals surface area contributed by atoms with Crippen LogP contribution in [0, 0.1) is 6.92 Å². The van der Waals surface area contributed by atoms with Crippen molar-refractivity contribution in [3.8, 4) is 11.1 Å². The maximum Gasteiger partial charge on any atom is 0.407 e. The number of nitrogens with zero attached hydrogens (tertiary/aromatic N) is 1. The highest BCUT2D eigenvalue weighted by atomic mass is 16.5. The molecule has 1 amide bonds. The number of aryl methyl sites for hydroxylation is 1. The average Bonchev–Trinajstić information content (AvgIpc) is 3.06.